The molecule has 0 saturated carbocycles. The molecule has 104 valence electrons. The average Bonchev–Trinajstić information content (AvgIpc) is 2.51. The first-order valence-electron chi connectivity index (χ1n) is 6.56. The van der Waals surface area contributed by atoms with E-state index in [0.29, 0.717) is 0 Å². The summed E-state index contributed by atoms with van der Waals surface area (Å²) in [6, 6.07) is 4.27. The van der Waals surface area contributed by atoms with E-state index < -0.39 is 0 Å². The first-order valence-corrected chi connectivity index (χ1v) is 7.48. The molecule has 1 aromatic rings. The third-order valence-electron chi connectivity index (χ3n) is 3.47. The highest BCUT2D eigenvalue weighted by molar-refractivity contribution is 9.09. The van der Waals surface area contributed by atoms with Crippen molar-refractivity contribution in [3.8, 4) is 5.75 Å². The molecule has 0 amide bonds. The lowest BCUT2D eigenvalue weighted by atomic mass is 9.79. The van der Waals surface area contributed by atoms with E-state index in [2.05, 4.69) is 69.6 Å². The summed E-state index contributed by atoms with van der Waals surface area (Å²) in [6.07, 6.45) is 0. The molecular formula is C16H21BrO2. The number of carbonyl (C=O) groups is 1. The Morgan fingerprint density at radius 3 is 2.11 bits per heavy atom. The second-order valence-corrected chi connectivity index (χ2v) is 8.14. The van der Waals surface area contributed by atoms with Gasteiger partial charge in [-0.2, -0.15) is 0 Å². The highest BCUT2D eigenvalue weighted by atomic mass is 79.9. The van der Waals surface area contributed by atoms with Crippen molar-refractivity contribution in [3.05, 3.63) is 28.8 Å². The number of rotatable bonds is 0. The van der Waals surface area contributed by atoms with Crippen LogP contribution in [0.3, 0.4) is 0 Å². The number of benzene rings is 1. The second-order valence-electron chi connectivity index (χ2n) is 7.23. The zero-order chi connectivity index (χ0) is 14.6. The molecule has 0 N–H and O–H groups in total. The Balaban J connectivity index is 2.72. The maximum atomic E-state index is 11.8. The predicted molar refractivity (Wildman–Crippen MR) is 81.1 cm³/mol. The number of alkyl halides is 1. The van der Waals surface area contributed by atoms with E-state index in [9.17, 15) is 4.79 Å². The standard InChI is InChI=1S/C16H21BrO2/c1-15(2,3)9-7-10-12(17)14(18)19-13(10)11(8-9)16(4,5)6/h7-8,12H,1-6H3. The summed E-state index contributed by atoms with van der Waals surface area (Å²) in [5.41, 5.74) is 3.29. The van der Waals surface area contributed by atoms with Gasteiger partial charge in [-0.1, -0.05) is 63.5 Å². The van der Waals surface area contributed by atoms with Crippen LogP contribution in [0, 0.1) is 0 Å². The summed E-state index contributed by atoms with van der Waals surface area (Å²) in [6.45, 7) is 13.0. The maximum absolute atomic E-state index is 11.8. The fraction of sp³-hybridized carbons (Fsp3) is 0.562. The molecule has 0 radical (unpaired) electrons. The van der Waals surface area contributed by atoms with Gasteiger partial charge in [-0.25, -0.2) is 0 Å². The number of esters is 1. The molecule has 2 rings (SSSR count). The van der Waals surface area contributed by atoms with Crippen molar-refractivity contribution >= 4 is 21.9 Å². The first kappa shape index (κ1) is 14.6. The number of hydrogen-bond acceptors (Lipinski definition) is 2. The first-order chi connectivity index (χ1) is 8.51. The molecule has 1 aromatic carbocycles. The second kappa shape index (κ2) is 4.34. The van der Waals surface area contributed by atoms with Crippen molar-refractivity contribution in [2.75, 3.05) is 0 Å². The normalized spacial score (nSPS) is 19.3. The molecule has 0 bridgehead atoms. The summed E-state index contributed by atoms with van der Waals surface area (Å²) in [5, 5.41) is 0. The van der Waals surface area contributed by atoms with Gasteiger partial charge in [0, 0.05) is 11.1 Å². The van der Waals surface area contributed by atoms with Gasteiger partial charge in [0.1, 0.15) is 10.6 Å². The Hall–Kier alpha value is -0.830. The van der Waals surface area contributed by atoms with E-state index in [-0.39, 0.29) is 21.6 Å². The van der Waals surface area contributed by atoms with Crippen LogP contribution in [-0.4, -0.2) is 5.97 Å². The van der Waals surface area contributed by atoms with Crippen LogP contribution in [0.1, 0.15) is 63.1 Å². The van der Waals surface area contributed by atoms with Crippen molar-refractivity contribution in [2.45, 2.75) is 57.2 Å². The third-order valence-corrected chi connectivity index (χ3v) is 4.34. The molecule has 1 unspecified atom stereocenters. The SMILES string of the molecule is CC(C)(C)c1cc2c(c(C(C)(C)C)c1)OC(=O)C2Br. The summed E-state index contributed by atoms with van der Waals surface area (Å²) in [5.74, 6) is 0.527. The largest absolute Gasteiger partial charge is 0.425 e. The van der Waals surface area contributed by atoms with Crippen molar-refractivity contribution in [1.82, 2.24) is 0 Å². The van der Waals surface area contributed by atoms with Crippen molar-refractivity contribution in [2.24, 2.45) is 0 Å². The molecule has 1 aliphatic heterocycles. The highest BCUT2D eigenvalue weighted by Gasteiger charge is 2.37. The van der Waals surface area contributed by atoms with Crippen LogP contribution in [-0.2, 0) is 15.6 Å². The van der Waals surface area contributed by atoms with Gasteiger partial charge in [0.05, 0.1) is 0 Å². The number of hydrogen-bond donors (Lipinski definition) is 0. The van der Waals surface area contributed by atoms with Crippen LogP contribution in [0.4, 0.5) is 0 Å². The molecule has 1 aliphatic rings. The minimum absolute atomic E-state index is 0.0490. The highest BCUT2D eigenvalue weighted by Crippen LogP contribution is 2.46. The molecule has 0 spiro atoms. The van der Waals surface area contributed by atoms with E-state index >= 15 is 0 Å². The summed E-state index contributed by atoms with van der Waals surface area (Å²) in [7, 11) is 0. The van der Waals surface area contributed by atoms with E-state index in [1.807, 2.05) is 0 Å². The van der Waals surface area contributed by atoms with Gasteiger partial charge in [-0.3, -0.25) is 4.79 Å². The molecule has 1 atom stereocenters. The van der Waals surface area contributed by atoms with Crippen molar-refractivity contribution in [3.63, 3.8) is 0 Å². The molecule has 2 nitrogen and oxygen atoms in total. The molecule has 0 fully saturated rings. The Labute approximate surface area is 123 Å². The van der Waals surface area contributed by atoms with Crippen LogP contribution >= 0.6 is 15.9 Å². The topological polar surface area (TPSA) is 26.3 Å². The lowest BCUT2D eigenvalue weighted by Gasteiger charge is -2.26. The summed E-state index contributed by atoms with van der Waals surface area (Å²) >= 11 is 3.43. The zero-order valence-electron chi connectivity index (χ0n) is 12.4. The summed E-state index contributed by atoms with van der Waals surface area (Å²) in [4.78, 5) is 11.5. The van der Waals surface area contributed by atoms with Crippen LogP contribution in [0.5, 0.6) is 5.75 Å². The van der Waals surface area contributed by atoms with Crippen LogP contribution in [0.15, 0.2) is 12.1 Å². The quantitative estimate of drug-likeness (QED) is 0.395. The Kier molecular flexibility index (Phi) is 3.33. The smallest absolute Gasteiger partial charge is 0.329 e. The molecule has 1 heterocycles. The van der Waals surface area contributed by atoms with Gasteiger partial charge in [0.25, 0.3) is 0 Å². The van der Waals surface area contributed by atoms with E-state index in [1.54, 1.807) is 0 Å². The van der Waals surface area contributed by atoms with Crippen molar-refractivity contribution in [1.29, 1.82) is 0 Å². The fourth-order valence-electron chi connectivity index (χ4n) is 2.22. The van der Waals surface area contributed by atoms with Gasteiger partial charge in [0.2, 0.25) is 0 Å². The van der Waals surface area contributed by atoms with Crippen LogP contribution in [0.2, 0.25) is 0 Å². The van der Waals surface area contributed by atoms with Gasteiger partial charge in [-0.05, 0) is 22.5 Å². The molecule has 19 heavy (non-hydrogen) atoms. The monoisotopic (exact) mass is 324 g/mol. The minimum Gasteiger partial charge on any atom is -0.425 e. The zero-order valence-corrected chi connectivity index (χ0v) is 14.0. The molecule has 0 aromatic heterocycles. The third kappa shape index (κ3) is 2.58. The van der Waals surface area contributed by atoms with Gasteiger partial charge in [0.15, 0.2) is 0 Å². The van der Waals surface area contributed by atoms with Crippen molar-refractivity contribution < 1.29 is 9.53 Å². The Morgan fingerprint density at radius 2 is 1.63 bits per heavy atom. The van der Waals surface area contributed by atoms with Crippen LogP contribution < -0.4 is 4.74 Å². The molecule has 3 heteroatoms. The number of carbonyl (C=O) groups excluding carboxylic acids is 1. The lowest BCUT2D eigenvalue weighted by Crippen LogP contribution is -2.17. The maximum Gasteiger partial charge on any atom is 0.329 e. The Morgan fingerprint density at radius 1 is 1.05 bits per heavy atom. The number of fused-ring (bicyclic) bond motifs is 1. The van der Waals surface area contributed by atoms with E-state index in [0.717, 1.165) is 16.9 Å². The van der Waals surface area contributed by atoms with Gasteiger partial charge in [-0.15, -0.1) is 0 Å². The van der Waals surface area contributed by atoms with Gasteiger partial charge >= 0.3 is 5.97 Å². The molecular weight excluding hydrogens is 304 g/mol. The van der Waals surface area contributed by atoms with E-state index in [1.165, 1.54) is 5.56 Å². The molecule has 0 saturated heterocycles. The predicted octanol–water partition coefficient (Wildman–Crippen LogP) is 4.64. The molecule has 0 aliphatic carbocycles. The minimum atomic E-state index is -0.342. The number of ether oxygens (including phenoxy) is 1. The van der Waals surface area contributed by atoms with Crippen LogP contribution in [0.25, 0.3) is 0 Å². The van der Waals surface area contributed by atoms with E-state index in [4.69, 9.17) is 4.74 Å². The fourth-order valence-corrected chi connectivity index (χ4v) is 2.66. The summed E-state index contributed by atoms with van der Waals surface area (Å²) < 4.78 is 5.46. The number of halogens is 1. The lowest BCUT2D eigenvalue weighted by molar-refractivity contribution is -0.132. The average molecular weight is 325 g/mol. The Bertz CT molecular complexity index is 533. The van der Waals surface area contributed by atoms with Gasteiger partial charge < -0.3 is 4.74 Å².